The SMILES string of the molecule is CC[C@H]1OC(=O)[C@@](C)(Cl)C(=O)[C@H](C)[C@@H](O[C@@H]2O[C@H](C)C[C@H](N(C)C)[C@H]2OC(C)=O)[C@](C)(OC)C[C@@H](C)/C(=N\OC)[C@H](C)[C@H]2N(NCCCn3cnc(-c4cccnc4)c3)C(=O)O[C@]12C. The molecule has 1 amide bonds. The molecule has 0 radical (unpaired) electrons. The summed E-state index contributed by atoms with van der Waals surface area (Å²) in [5, 5.41) is 6.02. The minimum absolute atomic E-state index is 0.189. The van der Waals surface area contributed by atoms with Gasteiger partial charge in [0.25, 0.3) is 0 Å². The number of hydrogen-bond donors (Lipinski definition) is 1. The number of pyridine rings is 1. The second-order valence-electron chi connectivity index (χ2n) is 18.1. The van der Waals surface area contributed by atoms with Gasteiger partial charge in [0.1, 0.15) is 19.3 Å². The molecule has 3 aliphatic rings. The Labute approximate surface area is 381 Å². The van der Waals surface area contributed by atoms with Gasteiger partial charge in [-0.2, -0.15) is 0 Å². The van der Waals surface area contributed by atoms with Crippen LogP contribution in [0.15, 0.2) is 42.2 Å². The summed E-state index contributed by atoms with van der Waals surface area (Å²) >= 11 is 7.03. The molecule has 2 aromatic heterocycles. The molecule has 5 rings (SSSR count). The number of ketones is 1. The lowest BCUT2D eigenvalue weighted by Crippen LogP contribution is -2.62. The Hall–Kier alpha value is -4.20. The average molecular weight is 919 g/mol. The Balaban J connectivity index is 1.53. The van der Waals surface area contributed by atoms with Gasteiger partial charge in [0.05, 0.1) is 41.6 Å². The van der Waals surface area contributed by atoms with E-state index in [9.17, 15) is 19.2 Å². The lowest BCUT2D eigenvalue weighted by atomic mass is 9.73. The van der Waals surface area contributed by atoms with Gasteiger partial charge in [-0.25, -0.2) is 25.0 Å². The first-order valence-electron chi connectivity index (χ1n) is 22.1. The number of oxime groups is 1. The first-order chi connectivity index (χ1) is 30.1. The van der Waals surface area contributed by atoms with E-state index in [2.05, 4.69) is 20.5 Å². The fraction of sp³-hybridized carbons (Fsp3) is 0.711. The molecule has 64 heavy (non-hydrogen) atoms. The van der Waals surface area contributed by atoms with Gasteiger partial charge in [-0.3, -0.25) is 14.6 Å². The van der Waals surface area contributed by atoms with Gasteiger partial charge in [-0.05, 0) is 79.6 Å². The van der Waals surface area contributed by atoms with Crippen LogP contribution in [-0.2, 0) is 54.2 Å². The molecule has 0 bridgehead atoms. The van der Waals surface area contributed by atoms with Crippen LogP contribution < -0.4 is 5.43 Å². The normalized spacial score (nSPS) is 36.0. The third-order valence-corrected chi connectivity index (χ3v) is 13.4. The molecule has 3 saturated heterocycles. The van der Waals surface area contributed by atoms with E-state index in [1.54, 1.807) is 46.4 Å². The third kappa shape index (κ3) is 10.7. The highest BCUT2D eigenvalue weighted by molar-refractivity contribution is 6.45. The van der Waals surface area contributed by atoms with Crippen LogP contribution in [0.2, 0.25) is 0 Å². The number of aryl methyl sites for hydroxylation is 1. The van der Waals surface area contributed by atoms with E-state index in [1.807, 2.05) is 62.7 Å². The number of carbonyl (C=O) groups is 4. The molecule has 0 saturated carbocycles. The van der Waals surface area contributed by atoms with E-state index in [0.717, 1.165) is 11.3 Å². The number of carbonyl (C=O) groups excluding carboxylic acids is 4. The van der Waals surface area contributed by atoms with Crippen molar-refractivity contribution in [3.8, 4) is 11.3 Å². The first-order valence-corrected chi connectivity index (χ1v) is 22.4. The number of halogens is 1. The van der Waals surface area contributed by atoms with Crippen LogP contribution in [0, 0.1) is 17.8 Å². The average Bonchev–Trinajstić information content (AvgIpc) is 3.83. The maximum Gasteiger partial charge on any atom is 0.425 e. The molecule has 0 unspecified atom stereocenters. The number of rotatable bonds is 13. The molecule has 0 aliphatic carbocycles. The largest absolute Gasteiger partial charge is 0.456 e. The molecule has 0 spiro atoms. The summed E-state index contributed by atoms with van der Waals surface area (Å²) < 4.78 is 39.8. The molecular formula is C45H68ClN7O11. The zero-order chi connectivity index (χ0) is 47.3. The van der Waals surface area contributed by atoms with Gasteiger partial charge in [-0.15, -0.1) is 0 Å². The monoisotopic (exact) mass is 917 g/mol. The second kappa shape index (κ2) is 21.0. The van der Waals surface area contributed by atoms with Gasteiger partial charge in [0, 0.05) is 69.0 Å². The highest BCUT2D eigenvalue weighted by Crippen LogP contribution is 2.44. The zero-order valence-electron chi connectivity index (χ0n) is 39.5. The van der Waals surface area contributed by atoms with Crippen molar-refractivity contribution in [2.45, 2.75) is 153 Å². The number of nitrogens with zero attached hydrogens (tertiary/aromatic N) is 6. The van der Waals surface area contributed by atoms with Gasteiger partial charge < -0.3 is 42.7 Å². The lowest BCUT2D eigenvalue weighted by Gasteiger charge is -2.48. The molecule has 1 N–H and O–H groups in total. The summed E-state index contributed by atoms with van der Waals surface area (Å²) in [5.41, 5.74) is 2.74. The Morgan fingerprint density at radius 3 is 2.44 bits per heavy atom. The molecule has 19 heteroatoms. The van der Waals surface area contributed by atoms with Gasteiger partial charge in [0.2, 0.25) is 0 Å². The molecule has 3 fully saturated rings. The van der Waals surface area contributed by atoms with Crippen LogP contribution in [0.25, 0.3) is 11.3 Å². The fourth-order valence-corrected chi connectivity index (χ4v) is 9.95. The van der Waals surface area contributed by atoms with Crippen molar-refractivity contribution in [1.29, 1.82) is 0 Å². The Kier molecular flexibility index (Phi) is 16.6. The minimum Gasteiger partial charge on any atom is -0.456 e. The first kappa shape index (κ1) is 50.8. The van der Waals surface area contributed by atoms with E-state index >= 15 is 0 Å². The number of alkyl halides is 1. The Morgan fingerprint density at radius 1 is 1.11 bits per heavy atom. The number of amides is 1. The number of hydrogen-bond acceptors (Lipinski definition) is 16. The number of aromatic nitrogens is 3. The van der Waals surface area contributed by atoms with Crippen molar-refractivity contribution in [1.82, 2.24) is 29.9 Å². The van der Waals surface area contributed by atoms with Crippen molar-refractivity contribution in [3.05, 3.63) is 37.1 Å². The summed E-state index contributed by atoms with van der Waals surface area (Å²) in [6.07, 6.45) is 3.43. The van der Waals surface area contributed by atoms with Crippen LogP contribution in [0.4, 0.5) is 4.79 Å². The van der Waals surface area contributed by atoms with Crippen LogP contribution in [-0.4, -0.2) is 148 Å². The molecule has 356 valence electrons. The highest BCUT2D eigenvalue weighted by Gasteiger charge is 2.61. The van der Waals surface area contributed by atoms with Crippen LogP contribution >= 0.6 is 11.6 Å². The zero-order valence-corrected chi connectivity index (χ0v) is 40.3. The molecule has 5 heterocycles. The van der Waals surface area contributed by atoms with E-state index in [-0.39, 0.29) is 25.0 Å². The third-order valence-electron chi connectivity index (χ3n) is 13.1. The molecule has 0 aromatic carbocycles. The molecule has 13 atom stereocenters. The van der Waals surface area contributed by atoms with Crippen LogP contribution in [0.3, 0.4) is 0 Å². The highest BCUT2D eigenvalue weighted by atomic mass is 35.5. The number of ether oxygens (including phenoxy) is 6. The number of cyclic esters (lactones) is 1. The van der Waals surface area contributed by atoms with E-state index in [4.69, 9.17) is 44.9 Å². The number of Topliss-reactive ketones (excluding diaryl/α,β-unsaturated/α-hetero) is 1. The van der Waals surface area contributed by atoms with Crippen LogP contribution in [0.5, 0.6) is 0 Å². The number of esters is 2. The molecule has 2 aromatic rings. The van der Waals surface area contributed by atoms with Gasteiger partial charge in [0.15, 0.2) is 28.7 Å². The summed E-state index contributed by atoms with van der Waals surface area (Å²) in [6.45, 7) is 16.2. The van der Waals surface area contributed by atoms with E-state index in [0.29, 0.717) is 31.6 Å². The van der Waals surface area contributed by atoms with Crippen LogP contribution in [0.1, 0.15) is 88.0 Å². The topological polar surface area (TPSA) is 194 Å². The maximum absolute atomic E-state index is 14.8. The van der Waals surface area contributed by atoms with Crippen molar-refractivity contribution < 1.29 is 52.4 Å². The van der Waals surface area contributed by atoms with Crippen molar-refractivity contribution >= 4 is 41.1 Å². The Morgan fingerprint density at radius 2 is 1.83 bits per heavy atom. The van der Waals surface area contributed by atoms with Crippen molar-refractivity contribution in [2.75, 3.05) is 34.9 Å². The van der Waals surface area contributed by atoms with Crippen molar-refractivity contribution in [3.63, 3.8) is 0 Å². The predicted molar refractivity (Wildman–Crippen MR) is 237 cm³/mol. The summed E-state index contributed by atoms with van der Waals surface area (Å²) in [6, 6.07) is 2.67. The minimum atomic E-state index is -2.23. The summed E-state index contributed by atoms with van der Waals surface area (Å²) in [4.78, 5) is 69.7. The molecule has 3 aliphatic heterocycles. The van der Waals surface area contributed by atoms with E-state index < -0.39 is 88.3 Å². The number of likely N-dealkylation sites (N-methyl/N-ethyl adjacent to an activating group) is 1. The number of hydrazine groups is 1. The standard InChI is InChI=1S/C45H68ClN7O11/c1-14-34-45(9)37(53(42(57)64-45)49-19-16-20-52-24-32(48-25-52)31-17-15-18-47-23-31)28(4)35(50-59-13)26(2)22-43(7,58-12)39(29(5)38(55)44(8,46)41(56)62-34)63-40-36(61-30(6)54)33(51(10)11)21-27(3)60-40/h15,17-18,23-29,33-34,36-37,39-40,49H,14,16,19-22H2,1-13H3/b50-35+/t26-,27-,28+,29+,33+,34-,36-,37-,39-,40+,43-,44+,45-/m1/s1. The quantitative estimate of drug-likeness (QED) is 0.0669. The number of methoxy groups -OCH3 is 1. The van der Waals surface area contributed by atoms with Gasteiger partial charge in [-0.1, -0.05) is 44.5 Å². The van der Waals surface area contributed by atoms with E-state index in [1.165, 1.54) is 33.1 Å². The second-order valence-corrected chi connectivity index (χ2v) is 18.9. The van der Waals surface area contributed by atoms with Crippen molar-refractivity contribution in [2.24, 2.45) is 22.9 Å². The Bertz CT molecular complexity index is 1970. The molecule has 18 nitrogen and oxygen atoms in total. The smallest absolute Gasteiger partial charge is 0.425 e. The number of fused-ring (bicyclic) bond motifs is 1. The molecular weight excluding hydrogens is 850 g/mol. The summed E-state index contributed by atoms with van der Waals surface area (Å²) in [5.74, 6) is -4.43. The fourth-order valence-electron chi connectivity index (χ4n) is 9.73. The lowest BCUT2D eigenvalue weighted by molar-refractivity contribution is -0.297. The number of nitrogens with one attached hydrogen (secondary N) is 1. The van der Waals surface area contributed by atoms with Gasteiger partial charge >= 0.3 is 18.0 Å². The predicted octanol–water partition coefficient (Wildman–Crippen LogP) is 5.41. The maximum atomic E-state index is 14.8. The summed E-state index contributed by atoms with van der Waals surface area (Å²) in [7, 11) is 6.70. The number of imidazole rings is 1.